The highest BCUT2D eigenvalue weighted by atomic mass is 32.2. The van der Waals surface area contributed by atoms with E-state index in [0.717, 1.165) is 29.3 Å². The van der Waals surface area contributed by atoms with Gasteiger partial charge in [-0.3, -0.25) is 14.6 Å². The molecule has 2 aliphatic rings. The van der Waals surface area contributed by atoms with E-state index in [1.54, 1.807) is 11.8 Å². The Labute approximate surface area is 124 Å². The van der Waals surface area contributed by atoms with Gasteiger partial charge in [0, 0.05) is 5.25 Å². The van der Waals surface area contributed by atoms with Gasteiger partial charge in [0.2, 0.25) is 0 Å². The number of nitrogens with one attached hydrogen (secondary N) is 1. The number of hydrogen-bond acceptors (Lipinski definition) is 3. The second-order valence-corrected chi connectivity index (χ2v) is 7.59. The van der Waals surface area contributed by atoms with E-state index in [4.69, 9.17) is 0 Å². The lowest BCUT2D eigenvalue weighted by molar-refractivity contribution is 0.331. The Kier molecular flexibility index (Phi) is 3.80. The van der Waals surface area contributed by atoms with Gasteiger partial charge in [0.05, 0.1) is 16.6 Å². The second-order valence-electron chi connectivity index (χ2n) is 6.25. The van der Waals surface area contributed by atoms with E-state index in [2.05, 4.69) is 28.6 Å². The maximum Gasteiger partial charge on any atom is 0.270 e. The van der Waals surface area contributed by atoms with Crippen LogP contribution in [0.5, 0.6) is 0 Å². The van der Waals surface area contributed by atoms with E-state index in [-0.39, 0.29) is 10.8 Å². The highest BCUT2D eigenvalue weighted by molar-refractivity contribution is 8.14. The third-order valence-electron chi connectivity index (χ3n) is 4.33. The van der Waals surface area contributed by atoms with Crippen molar-refractivity contribution in [2.45, 2.75) is 64.2 Å². The summed E-state index contributed by atoms with van der Waals surface area (Å²) in [5, 5.41) is 4.37. The van der Waals surface area contributed by atoms with E-state index in [1.807, 2.05) is 6.92 Å². The van der Waals surface area contributed by atoms with E-state index < -0.39 is 0 Å². The molecule has 0 radical (unpaired) electrons. The molecular formula is C15H23N3OS. The van der Waals surface area contributed by atoms with E-state index in [1.165, 1.54) is 19.3 Å². The van der Waals surface area contributed by atoms with Crippen molar-refractivity contribution in [1.29, 1.82) is 0 Å². The molecule has 1 aromatic rings. The van der Waals surface area contributed by atoms with Gasteiger partial charge in [-0.1, -0.05) is 33.1 Å². The fourth-order valence-corrected chi connectivity index (χ4v) is 4.42. The lowest BCUT2D eigenvalue weighted by atomic mass is 9.95. The van der Waals surface area contributed by atoms with Crippen LogP contribution in [0.2, 0.25) is 0 Å². The molecule has 1 aliphatic carbocycles. The molecule has 0 spiro atoms. The van der Waals surface area contributed by atoms with Crippen LogP contribution in [0, 0.1) is 5.92 Å². The first-order valence-corrected chi connectivity index (χ1v) is 8.52. The van der Waals surface area contributed by atoms with Crippen molar-refractivity contribution in [1.82, 2.24) is 9.78 Å². The number of hydrogen-bond donors (Lipinski definition) is 1. The Hall–Kier alpha value is -0.970. The molecule has 1 aliphatic heterocycles. The SMILES string of the molecule is CC1=Nc2c(c(=O)[nH]n2C2CCCCC2)C(C(C)C)S1. The van der Waals surface area contributed by atoms with Gasteiger partial charge in [-0.05, 0) is 25.7 Å². The largest absolute Gasteiger partial charge is 0.270 e. The standard InChI is InChI=1S/C15H23N3OS/c1-9(2)13-12-14(16-10(3)20-13)18(17-15(12)19)11-7-5-4-6-8-11/h9,11,13H,4-8H2,1-3H3,(H,17,19). The average Bonchev–Trinajstić information content (AvgIpc) is 2.76. The Bertz CT molecular complexity index is 578. The van der Waals surface area contributed by atoms with Gasteiger partial charge in [-0.2, -0.15) is 0 Å². The zero-order chi connectivity index (χ0) is 14.3. The maximum atomic E-state index is 12.4. The quantitative estimate of drug-likeness (QED) is 0.889. The van der Waals surface area contributed by atoms with Crippen molar-refractivity contribution in [3.63, 3.8) is 0 Å². The van der Waals surface area contributed by atoms with E-state index >= 15 is 0 Å². The lowest BCUT2D eigenvalue weighted by Gasteiger charge is -2.27. The third-order valence-corrected chi connectivity index (χ3v) is 5.79. The highest BCUT2D eigenvalue weighted by Crippen LogP contribution is 2.45. The monoisotopic (exact) mass is 293 g/mol. The van der Waals surface area contributed by atoms with Crippen LogP contribution < -0.4 is 5.56 Å². The zero-order valence-corrected chi connectivity index (χ0v) is 13.3. The topological polar surface area (TPSA) is 50.1 Å². The molecule has 0 saturated heterocycles. The summed E-state index contributed by atoms with van der Waals surface area (Å²) in [4.78, 5) is 17.1. The predicted octanol–water partition coefficient (Wildman–Crippen LogP) is 4.18. The molecule has 110 valence electrons. The number of aromatic amines is 1. The molecule has 1 fully saturated rings. The highest BCUT2D eigenvalue weighted by Gasteiger charge is 2.32. The zero-order valence-electron chi connectivity index (χ0n) is 12.5. The van der Waals surface area contributed by atoms with Crippen molar-refractivity contribution in [2.75, 3.05) is 0 Å². The average molecular weight is 293 g/mol. The summed E-state index contributed by atoms with van der Waals surface area (Å²) in [7, 11) is 0. The van der Waals surface area contributed by atoms with Gasteiger partial charge in [-0.15, -0.1) is 11.8 Å². The molecular weight excluding hydrogens is 270 g/mol. The van der Waals surface area contributed by atoms with Crippen LogP contribution in [0.1, 0.15) is 69.7 Å². The van der Waals surface area contributed by atoms with Crippen LogP contribution in [0.15, 0.2) is 9.79 Å². The molecule has 1 saturated carbocycles. The summed E-state index contributed by atoms with van der Waals surface area (Å²) in [6.45, 7) is 6.40. The van der Waals surface area contributed by atoms with Gasteiger partial charge >= 0.3 is 0 Å². The van der Waals surface area contributed by atoms with Crippen molar-refractivity contribution in [2.24, 2.45) is 10.9 Å². The Morgan fingerprint density at radius 2 is 2.00 bits per heavy atom. The molecule has 0 aromatic carbocycles. The predicted molar refractivity (Wildman–Crippen MR) is 85.1 cm³/mol. The van der Waals surface area contributed by atoms with Crippen molar-refractivity contribution >= 4 is 22.6 Å². The van der Waals surface area contributed by atoms with Gasteiger partial charge < -0.3 is 0 Å². The molecule has 0 amide bonds. The van der Waals surface area contributed by atoms with Crippen LogP contribution in [0.4, 0.5) is 5.82 Å². The number of rotatable bonds is 2. The molecule has 1 unspecified atom stereocenters. The lowest BCUT2D eigenvalue weighted by Crippen LogP contribution is -2.16. The minimum absolute atomic E-state index is 0.0630. The molecule has 1 N–H and O–H groups in total. The Morgan fingerprint density at radius 3 is 2.65 bits per heavy atom. The number of nitrogens with zero attached hydrogens (tertiary/aromatic N) is 2. The number of aromatic nitrogens is 2. The summed E-state index contributed by atoms with van der Waals surface area (Å²) in [6, 6.07) is 0.424. The molecule has 20 heavy (non-hydrogen) atoms. The normalized spacial score (nSPS) is 23.8. The molecule has 0 bridgehead atoms. The maximum absolute atomic E-state index is 12.4. The van der Waals surface area contributed by atoms with E-state index in [0.29, 0.717) is 12.0 Å². The summed E-state index contributed by atoms with van der Waals surface area (Å²) < 4.78 is 2.06. The summed E-state index contributed by atoms with van der Waals surface area (Å²) in [5.74, 6) is 1.34. The molecule has 3 rings (SSSR count). The summed E-state index contributed by atoms with van der Waals surface area (Å²) in [5.41, 5.74) is 0.953. The van der Waals surface area contributed by atoms with Crippen LogP contribution in [-0.4, -0.2) is 14.8 Å². The molecule has 1 atom stereocenters. The molecule has 5 heteroatoms. The fourth-order valence-electron chi connectivity index (χ4n) is 3.32. The minimum atomic E-state index is 0.0630. The van der Waals surface area contributed by atoms with Crippen LogP contribution in [-0.2, 0) is 0 Å². The Morgan fingerprint density at radius 1 is 1.30 bits per heavy atom. The molecule has 2 heterocycles. The number of thioether (sulfide) groups is 1. The Balaban J connectivity index is 2.07. The van der Waals surface area contributed by atoms with Crippen LogP contribution in [0.3, 0.4) is 0 Å². The van der Waals surface area contributed by atoms with Gasteiger partial charge in [0.15, 0.2) is 5.82 Å². The first-order valence-electron chi connectivity index (χ1n) is 7.64. The van der Waals surface area contributed by atoms with Gasteiger partial charge in [-0.25, -0.2) is 4.99 Å². The summed E-state index contributed by atoms with van der Waals surface area (Å²) >= 11 is 1.73. The van der Waals surface area contributed by atoms with E-state index in [9.17, 15) is 4.79 Å². The number of fused-ring (bicyclic) bond motifs is 1. The third kappa shape index (κ3) is 2.36. The van der Waals surface area contributed by atoms with Crippen LogP contribution >= 0.6 is 11.8 Å². The fraction of sp³-hybridized carbons (Fsp3) is 0.733. The van der Waals surface area contributed by atoms with Crippen molar-refractivity contribution in [3.8, 4) is 0 Å². The first kappa shape index (κ1) is 14.0. The number of aliphatic imine (C=N–C) groups is 1. The van der Waals surface area contributed by atoms with Crippen molar-refractivity contribution in [3.05, 3.63) is 15.9 Å². The van der Waals surface area contributed by atoms with Crippen molar-refractivity contribution < 1.29 is 0 Å². The first-order chi connectivity index (χ1) is 9.58. The number of H-pyrrole nitrogens is 1. The minimum Gasteiger partial charge on any atom is -0.268 e. The smallest absolute Gasteiger partial charge is 0.268 e. The van der Waals surface area contributed by atoms with Gasteiger partial charge in [0.1, 0.15) is 0 Å². The molecule has 1 aromatic heterocycles. The second kappa shape index (κ2) is 5.43. The van der Waals surface area contributed by atoms with Gasteiger partial charge in [0.25, 0.3) is 5.56 Å². The molecule has 4 nitrogen and oxygen atoms in total. The van der Waals surface area contributed by atoms with Crippen LogP contribution in [0.25, 0.3) is 0 Å². The summed E-state index contributed by atoms with van der Waals surface area (Å²) in [6.07, 6.45) is 6.14.